The van der Waals surface area contributed by atoms with E-state index in [-0.39, 0.29) is 6.09 Å². The van der Waals surface area contributed by atoms with Crippen LogP contribution in [0, 0.1) is 0 Å². The van der Waals surface area contributed by atoms with Gasteiger partial charge in [-0.05, 0) is 57.7 Å². The van der Waals surface area contributed by atoms with Gasteiger partial charge >= 0.3 is 6.09 Å². The van der Waals surface area contributed by atoms with Gasteiger partial charge in [-0.2, -0.15) is 0 Å². The summed E-state index contributed by atoms with van der Waals surface area (Å²) < 4.78 is 10.8. The van der Waals surface area contributed by atoms with E-state index in [2.05, 4.69) is 4.90 Å². The summed E-state index contributed by atoms with van der Waals surface area (Å²) in [5.74, 6) is 0.454. The zero-order chi connectivity index (χ0) is 19.7. The van der Waals surface area contributed by atoms with E-state index >= 15 is 0 Å². The van der Waals surface area contributed by atoms with Crippen molar-refractivity contribution in [1.29, 1.82) is 0 Å². The summed E-state index contributed by atoms with van der Waals surface area (Å²) in [4.78, 5) is 16.3. The number of nitrogens with zero attached hydrogens (tertiary/aromatic N) is 2. The molecule has 2 aliphatic heterocycles. The number of fused-ring (bicyclic) bond motifs is 1. The first-order valence-corrected chi connectivity index (χ1v) is 10.8. The zero-order valence-corrected chi connectivity index (χ0v) is 17.6. The quantitative estimate of drug-likeness (QED) is 0.648. The minimum absolute atomic E-state index is 0.177. The fourth-order valence-corrected chi connectivity index (χ4v) is 5.20. The van der Waals surface area contributed by atoms with Crippen molar-refractivity contribution in [3.8, 4) is 0 Å². The minimum Gasteiger partial charge on any atom is -0.464 e. The molecule has 1 aromatic carbocycles. The molecule has 5 nitrogen and oxygen atoms in total. The molecular weight excluding hydrogens is 399 g/mol. The molecule has 2 fully saturated rings. The highest BCUT2D eigenvalue weighted by atomic mass is 35.5. The summed E-state index contributed by atoms with van der Waals surface area (Å²) in [5.41, 5.74) is 1.97. The van der Waals surface area contributed by atoms with Crippen molar-refractivity contribution in [2.24, 2.45) is 0 Å². The minimum atomic E-state index is -0.177. The Morgan fingerprint density at radius 1 is 1.14 bits per heavy atom. The molecule has 3 heterocycles. The maximum Gasteiger partial charge on any atom is 0.409 e. The van der Waals surface area contributed by atoms with Gasteiger partial charge in [0.2, 0.25) is 0 Å². The molecule has 0 unspecified atom stereocenters. The first kappa shape index (κ1) is 19.9. The molecule has 2 aromatic rings. The molecule has 0 atom stereocenters. The molecule has 1 aromatic heterocycles. The third-order valence-electron chi connectivity index (χ3n) is 6.10. The van der Waals surface area contributed by atoms with E-state index in [0.717, 1.165) is 62.8 Å². The number of likely N-dealkylation sites (tertiary alicyclic amines) is 2. The Morgan fingerprint density at radius 2 is 1.86 bits per heavy atom. The van der Waals surface area contributed by atoms with E-state index < -0.39 is 0 Å². The number of hydrogen-bond donors (Lipinski definition) is 0. The third kappa shape index (κ3) is 3.98. The van der Waals surface area contributed by atoms with Crippen LogP contribution in [-0.4, -0.2) is 54.7 Å². The Kier molecular flexibility index (Phi) is 6.04. The number of benzene rings is 1. The molecular formula is C21H26Cl2N2O3. The van der Waals surface area contributed by atoms with E-state index in [1.54, 1.807) is 6.07 Å². The highest BCUT2D eigenvalue weighted by Gasteiger charge is 2.31. The second-order valence-electron chi connectivity index (χ2n) is 7.68. The molecule has 0 spiro atoms. The summed E-state index contributed by atoms with van der Waals surface area (Å²) in [5, 5.41) is 2.27. The molecule has 2 saturated heterocycles. The zero-order valence-electron chi connectivity index (χ0n) is 16.1. The summed E-state index contributed by atoms with van der Waals surface area (Å²) in [6, 6.07) is 4.17. The number of piperidine rings is 2. The lowest BCUT2D eigenvalue weighted by atomic mass is 9.88. The SMILES string of the molecule is CCOC(=O)N1CCC(N2CCC(c3coc4cc(Cl)cc(Cl)c34)CC2)CC1. The van der Waals surface area contributed by atoms with Crippen molar-refractivity contribution in [2.75, 3.05) is 32.8 Å². The number of furan rings is 1. The second-order valence-corrected chi connectivity index (χ2v) is 8.52. The fourth-order valence-electron chi connectivity index (χ4n) is 4.61. The van der Waals surface area contributed by atoms with Gasteiger partial charge < -0.3 is 19.0 Å². The largest absolute Gasteiger partial charge is 0.464 e. The molecule has 28 heavy (non-hydrogen) atoms. The van der Waals surface area contributed by atoms with Crippen LogP contribution in [0.5, 0.6) is 0 Å². The molecule has 152 valence electrons. The second kappa shape index (κ2) is 8.52. The Labute approximate surface area is 175 Å². The van der Waals surface area contributed by atoms with Crippen LogP contribution in [0.15, 0.2) is 22.8 Å². The molecule has 1 amide bonds. The van der Waals surface area contributed by atoms with E-state index in [4.69, 9.17) is 32.4 Å². The predicted molar refractivity (Wildman–Crippen MR) is 111 cm³/mol. The van der Waals surface area contributed by atoms with Crippen LogP contribution in [0.3, 0.4) is 0 Å². The molecule has 0 saturated carbocycles. The maximum atomic E-state index is 11.9. The number of ether oxygens (including phenoxy) is 1. The van der Waals surface area contributed by atoms with Crippen LogP contribution >= 0.6 is 23.2 Å². The van der Waals surface area contributed by atoms with Crippen molar-refractivity contribution >= 4 is 40.3 Å². The molecule has 2 aliphatic rings. The van der Waals surface area contributed by atoms with Gasteiger partial charge in [-0.3, -0.25) is 0 Å². The lowest BCUT2D eigenvalue weighted by Crippen LogP contribution is -2.48. The van der Waals surface area contributed by atoms with E-state index in [0.29, 0.717) is 28.6 Å². The molecule has 0 aliphatic carbocycles. The first-order chi connectivity index (χ1) is 13.6. The van der Waals surface area contributed by atoms with Crippen LogP contribution in [0.4, 0.5) is 4.79 Å². The van der Waals surface area contributed by atoms with Gasteiger partial charge in [0.05, 0.1) is 17.9 Å². The number of halogens is 2. The van der Waals surface area contributed by atoms with Gasteiger partial charge in [0, 0.05) is 41.2 Å². The number of amides is 1. The standard InChI is InChI=1S/C21H26Cl2N2O3/c1-2-27-21(26)25-9-5-16(6-10-25)24-7-3-14(4-8-24)17-13-28-19-12-15(22)11-18(23)20(17)19/h11-14,16H,2-10H2,1H3. The summed E-state index contributed by atoms with van der Waals surface area (Å²) in [7, 11) is 0. The van der Waals surface area contributed by atoms with Gasteiger partial charge in [0.15, 0.2) is 0 Å². The topological polar surface area (TPSA) is 45.9 Å². The number of carbonyl (C=O) groups is 1. The van der Waals surface area contributed by atoms with Crippen molar-refractivity contribution in [3.63, 3.8) is 0 Å². The van der Waals surface area contributed by atoms with Gasteiger partial charge in [0.1, 0.15) is 5.58 Å². The predicted octanol–water partition coefficient (Wildman–Crippen LogP) is 5.54. The number of hydrogen-bond acceptors (Lipinski definition) is 4. The monoisotopic (exact) mass is 424 g/mol. The van der Waals surface area contributed by atoms with Crippen LogP contribution in [0.2, 0.25) is 10.0 Å². The number of carbonyl (C=O) groups excluding carboxylic acids is 1. The van der Waals surface area contributed by atoms with Crippen LogP contribution in [-0.2, 0) is 4.74 Å². The molecule has 0 bridgehead atoms. The van der Waals surface area contributed by atoms with Crippen molar-refractivity contribution in [1.82, 2.24) is 9.80 Å². The van der Waals surface area contributed by atoms with Gasteiger partial charge in [-0.1, -0.05) is 23.2 Å². The Bertz CT molecular complexity index is 838. The molecule has 4 rings (SSSR count). The Hall–Kier alpha value is -1.43. The number of rotatable bonds is 3. The maximum absolute atomic E-state index is 11.9. The van der Waals surface area contributed by atoms with Crippen molar-refractivity contribution in [2.45, 2.75) is 44.6 Å². The van der Waals surface area contributed by atoms with Crippen LogP contribution in [0.25, 0.3) is 11.0 Å². The van der Waals surface area contributed by atoms with E-state index in [9.17, 15) is 4.79 Å². The normalized spacial score (nSPS) is 20.0. The Morgan fingerprint density at radius 3 is 2.54 bits per heavy atom. The van der Waals surface area contributed by atoms with E-state index in [1.807, 2.05) is 24.2 Å². The third-order valence-corrected chi connectivity index (χ3v) is 6.61. The van der Waals surface area contributed by atoms with Crippen LogP contribution < -0.4 is 0 Å². The average Bonchev–Trinajstić information content (AvgIpc) is 3.12. The fraction of sp³-hybridized carbons (Fsp3) is 0.571. The summed E-state index contributed by atoms with van der Waals surface area (Å²) in [6.45, 7) is 5.97. The lowest BCUT2D eigenvalue weighted by molar-refractivity contribution is 0.0663. The first-order valence-electron chi connectivity index (χ1n) is 10.1. The van der Waals surface area contributed by atoms with Crippen molar-refractivity contribution in [3.05, 3.63) is 34.0 Å². The molecule has 0 N–H and O–H groups in total. The highest BCUT2D eigenvalue weighted by molar-refractivity contribution is 6.38. The van der Waals surface area contributed by atoms with Crippen molar-refractivity contribution < 1.29 is 13.9 Å². The van der Waals surface area contributed by atoms with Gasteiger partial charge in [-0.15, -0.1) is 0 Å². The Balaban J connectivity index is 1.35. The lowest BCUT2D eigenvalue weighted by Gasteiger charge is -2.41. The highest BCUT2D eigenvalue weighted by Crippen LogP contribution is 2.39. The smallest absolute Gasteiger partial charge is 0.409 e. The van der Waals surface area contributed by atoms with Gasteiger partial charge in [-0.25, -0.2) is 4.79 Å². The average molecular weight is 425 g/mol. The van der Waals surface area contributed by atoms with E-state index in [1.165, 1.54) is 5.56 Å². The van der Waals surface area contributed by atoms with Crippen LogP contribution in [0.1, 0.15) is 44.1 Å². The molecule has 7 heteroatoms. The molecule has 0 radical (unpaired) electrons. The van der Waals surface area contributed by atoms with Gasteiger partial charge in [0.25, 0.3) is 0 Å². The summed E-state index contributed by atoms with van der Waals surface area (Å²) >= 11 is 12.5. The summed E-state index contributed by atoms with van der Waals surface area (Å²) in [6.07, 6.45) is 5.89.